The molecule has 1 aliphatic heterocycles. The zero-order valence-corrected chi connectivity index (χ0v) is 22.1. The minimum absolute atomic E-state index is 0.0755. The van der Waals surface area contributed by atoms with Crippen molar-refractivity contribution in [2.75, 3.05) is 26.8 Å². The maximum absolute atomic E-state index is 12.8. The largest absolute Gasteiger partial charge is 0.380 e. The van der Waals surface area contributed by atoms with Gasteiger partial charge in [0.05, 0.1) is 35.7 Å². The second-order valence-corrected chi connectivity index (χ2v) is 10.7. The molecule has 1 aromatic carbocycles. The van der Waals surface area contributed by atoms with Crippen molar-refractivity contribution >= 4 is 32.8 Å². The molecule has 0 saturated carbocycles. The topological polar surface area (TPSA) is 101 Å². The van der Waals surface area contributed by atoms with Crippen LogP contribution in [0.15, 0.2) is 42.7 Å². The van der Waals surface area contributed by atoms with Crippen LogP contribution < -0.4 is 10.6 Å². The van der Waals surface area contributed by atoms with Crippen LogP contribution in [0, 0.1) is 25.2 Å². The molecule has 1 fully saturated rings. The fourth-order valence-electron chi connectivity index (χ4n) is 4.81. The Morgan fingerprint density at radius 1 is 1.30 bits per heavy atom. The Hall–Kier alpha value is -3.29. The third kappa shape index (κ3) is 5.68. The molecular weight excluding hydrogens is 486 g/mol. The van der Waals surface area contributed by atoms with E-state index >= 15 is 0 Å². The van der Waals surface area contributed by atoms with E-state index < -0.39 is 12.1 Å². The van der Waals surface area contributed by atoms with Gasteiger partial charge in [0.1, 0.15) is 12.1 Å². The minimum atomic E-state index is -0.628. The molecule has 4 aromatic rings. The molecule has 2 N–H and O–H groups in total. The van der Waals surface area contributed by atoms with Gasteiger partial charge >= 0.3 is 0 Å². The number of benzene rings is 1. The van der Waals surface area contributed by atoms with Gasteiger partial charge in [0.15, 0.2) is 0 Å². The predicted octanol–water partition coefficient (Wildman–Crippen LogP) is 3.78. The van der Waals surface area contributed by atoms with Crippen molar-refractivity contribution in [3.63, 3.8) is 0 Å². The molecule has 9 heteroatoms. The number of fused-ring (bicyclic) bond motifs is 2. The molecule has 37 heavy (non-hydrogen) atoms. The van der Waals surface area contributed by atoms with Gasteiger partial charge in [0.2, 0.25) is 0 Å². The van der Waals surface area contributed by atoms with E-state index in [1.807, 2.05) is 20.0 Å². The maximum atomic E-state index is 12.8. The van der Waals surface area contributed by atoms with Crippen LogP contribution in [0.2, 0.25) is 0 Å². The van der Waals surface area contributed by atoms with Crippen LogP contribution >= 0.6 is 11.3 Å². The molecule has 0 aliphatic carbocycles. The summed E-state index contributed by atoms with van der Waals surface area (Å²) in [7, 11) is 1.67. The van der Waals surface area contributed by atoms with Crippen molar-refractivity contribution in [2.45, 2.75) is 44.9 Å². The number of hydrogen-bond acceptors (Lipinski definition) is 7. The second-order valence-electron chi connectivity index (χ2n) is 9.51. The Morgan fingerprint density at radius 2 is 2.16 bits per heavy atom. The van der Waals surface area contributed by atoms with Crippen LogP contribution in [0.25, 0.3) is 26.7 Å². The molecular formula is C28H31N5O3S. The molecule has 1 amide bonds. The lowest BCUT2D eigenvalue weighted by Gasteiger charge is -2.25. The number of nitriles is 1. The number of methoxy groups -OCH3 is 1. The maximum Gasteiger partial charge on any atom is 0.251 e. The zero-order valence-electron chi connectivity index (χ0n) is 21.3. The summed E-state index contributed by atoms with van der Waals surface area (Å²) in [6, 6.07) is 12.3. The number of aromatic nitrogens is 2. The van der Waals surface area contributed by atoms with Gasteiger partial charge in [-0.15, -0.1) is 11.3 Å². The predicted molar refractivity (Wildman–Crippen MR) is 145 cm³/mol. The van der Waals surface area contributed by atoms with Crippen molar-refractivity contribution in [2.24, 2.45) is 0 Å². The van der Waals surface area contributed by atoms with E-state index in [2.05, 4.69) is 62.6 Å². The number of hydrogen-bond donors (Lipinski definition) is 2. The second kappa shape index (κ2) is 11.0. The summed E-state index contributed by atoms with van der Waals surface area (Å²) in [6.45, 7) is 5.54. The third-order valence-electron chi connectivity index (χ3n) is 6.75. The number of carbonyl (C=O) groups excluding carboxylic acids is 1. The average Bonchev–Trinajstić information content (AvgIpc) is 3.46. The first-order valence-corrected chi connectivity index (χ1v) is 13.3. The number of nitrogens with zero attached hydrogens (tertiary/aromatic N) is 3. The first-order chi connectivity index (χ1) is 17.9. The highest BCUT2D eigenvalue weighted by Gasteiger charge is 2.25. The lowest BCUT2D eigenvalue weighted by atomic mass is 10.1. The first-order valence-electron chi connectivity index (χ1n) is 12.5. The standard InChI is InChI=1S/C28H31N5O3S/c1-17-15-33-16-21(10-25(33)18(2)31-17)19-4-5-27-20(8-19)9-24(37-27)11-22(12-29)32-28(34)26-14-30-13-23(35-3)6-7-36-26/h4-5,8-10,15-16,22-23,26,30H,6-7,11,13-14H2,1-3H3,(H,32,34)/t22-,23-,26-/m0/s1. The number of rotatable bonds is 6. The first kappa shape index (κ1) is 25.4. The van der Waals surface area contributed by atoms with Crippen LogP contribution in [0.4, 0.5) is 0 Å². The van der Waals surface area contributed by atoms with Gasteiger partial charge < -0.3 is 24.5 Å². The van der Waals surface area contributed by atoms with Gasteiger partial charge in [-0.05, 0) is 55.5 Å². The molecule has 192 valence electrons. The monoisotopic (exact) mass is 517 g/mol. The summed E-state index contributed by atoms with van der Waals surface area (Å²) in [5.41, 5.74) is 5.36. The highest BCUT2D eigenvalue weighted by molar-refractivity contribution is 7.19. The van der Waals surface area contributed by atoms with Crippen LogP contribution in [-0.2, 0) is 20.7 Å². The molecule has 0 radical (unpaired) electrons. The highest BCUT2D eigenvalue weighted by Crippen LogP contribution is 2.32. The number of amides is 1. The normalized spacial score (nSPS) is 19.3. The Labute approximate surface area is 220 Å². The number of aryl methyl sites for hydroxylation is 2. The van der Waals surface area contributed by atoms with Crippen LogP contribution in [0.3, 0.4) is 0 Å². The van der Waals surface area contributed by atoms with Gasteiger partial charge in [-0.25, -0.2) is 0 Å². The number of nitrogens with one attached hydrogen (secondary N) is 2. The van der Waals surface area contributed by atoms with E-state index in [0.717, 1.165) is 43.0 Å². The Morgan fingerprint density at radius 3 is 2.97 bits per heavy atom. The average molecular weight is 518 g/mol. The van der Waals surface area contributed by atoms with E-state index in [9.17, 15) is 10.1 Å². The highest BCUT2D eigenvalue weighted by atomic mass is 32.1. The third-order valence-corrected chi connectivity index (χ3v) is 7.89. The van der Waals surface area contributed by atoms with Gasteiger partial charge in [-0.2, -0.15) is 5.26 Å². The van der Waals surface area contributed by atoms with Gasteiger partial charge in [0, 0.05) is 54.2 Å². The zero-order chi connectivity index (χ0) is 25.9. The van der Waals surface area contributed by atoms with Gasteiger partial charge in [-0.3, -0.25) is 9.78 Å². The molecule has 3 atom stereocenters. The van der Waals surface area contributed by atoms with Gasteiger partial charge in [-0.1, -0.05) is 6.07 Å². The molecule has 0 spiro atoms. The van der Waals surface area contributed by atoms with E-state index in [1.54, 1.807) is 18.4 Å². The van der Waals surface area contributed by atoms with Crippen molar-refractivity contribution in [3.8, 4) is 17.2 Å². The Kier molecular flexibility index (Phi) is 7.53. The Balaban J connectivity index is 1.28. The molecule has 1 aliphatic rings. The molecule has 3 aromatic heterocycles. The SMILES string of the molecule is CO[C@H]1CCO[C@H](C(=O)N[C@H](C#N)Cc2cc3cc(-c4cc5c(C)nc(C)cn5c4)ccc3s2)CNC1. The van der Waals surface area contributed by atoms with Crippen molar-refractivity contribution < 1.29 is 14.3 Å². The summed E-state index contributed by atoms with van der Waals surface area (Å²) in [4.78, 5) is 18.4. The van der Waals surface area contributed by atoms with Crippen molar-refractivity contribution in [1.82, 2.24) is 20.0 Å². The van der Waals surface area contributed by atoms with E-state index in [1.165, 1.54) is 0 Å². The number of ether oxygens (including phenoxy) is 2. The number of carbonyl (C=O) groups is 1. The van der Waals surface area contributed by atoms with Crippen molar-refractivity contribution in [3.05, 3.63) is 59.0 Å². The van der Waals surface area contributed by atoms with Crippen LogP contribution in [-0.4, -0.2) is 60.3 Å². The summed E-state index contributed by atoms with van der Waals surface area (Å²) in [6.07, 6.45) is 4.79. The summed E-state index contributed by atoms with van der Waals surface area (Å²) < 4.78 is 14.4. The fraction of sp³-hybridized carbons (Fsp3) is 0.393. The smallest absolute Gasteiger partial charge is 0.251 e. The number of thiophene rings is 1. The molecule has 8 nitrogen and oxygen atoms in total. The lowest BCUT2D eigenvalue weighted by Crippen LogP contribution is -2.49. The lowest BCUT2D eigenvalue weighted by molar-refractivity contribution is -0.134. The fourth-order valence-corrected chi connectivity index (χ4v) is 5.90. The summed E-state index contributed by atoms with van der Waals surface area (Å²) in [5.74, 6) is -0.265. The minimum Gasteiger partial charge on any atom is -0.380 e. The molecule has 0 unspecified atom stereocenters. The van der Waals surface area contributed by atoms with E-state index in [0.29, 0.717) is 32.5 Å². The Bertz CT molecular complexity index is 1460. The van der Waals surface area contributed by atoms with Crippen molar-refractivity contribution in [1.29, 1.82) is 5.26 Å². The van der Waals surface area contributed by atoms with E-state index in [-0.39, 0.29) is 12.0 Å². The molecule has 1 saturated heterocycles. The molecule has 0 bridgehead atoms. The quantitative estimate of drug-likeness (QED) is 0.404. The van der Waals surface area contributed by atoms with E-state index in [4.69, 9.17) is 9.47 Å². The van der Waals surface area contributed by atoms with Crippen LogP contribution in [0.5, 0.6) is 0 Å². The van der Waals surface area contributed by atoms with Gasteiger partial charge in [0.25, 0.3) is 5.91 Å². The summed E-state index contributed by atoms with van der Waals surface area (Å²) in [5, 5.41) is 16.9. The summed E-state index contributed by atoms with van der Waals surface area (Å²) >= 11 is 1.65. The molecule has 4 heterocycles. The molecule has 5 rings (SSSR count). The van der Waals surface area contributed by atoms with Crippen LogP contribution in [0.1, 0.15) is 22.7 Å².